The summed E-state index contributed by atoms with van der Waals surface area (Å²) in [6, 6.07) is 0.478. The molecule has 132 valence electrons. The molecule has 23 heavy (non-hydrogen) atoms. The quantitative estimate of drug-likeness (QED) is 0.303. The number of guanidine groups is 1. The molecule has 1 aliphatic heterocycles. The van der Waals surface area contributed by atoms with Gasteiger partial charge in [0.05, 0.1) is 13.0 Å². The van der Waals surface area contributed by atoms with Crippen molar-refractivity contribution in [1.82, 2.24) is 15.1 Å². The summed E-state index contributed by atoms with van der Waals surface area (Å²) in [4.78, 5) is 31.5. The van der Waals surface area contributed by atoms with Gasteiger partial charge >= 0.3 is 5.97 Å². The van der Waals surface area contributed by atoms with Gasteiger partial charge in [-0.05, 0) is 25.7 Å². The smallest absolute Gasteiger partial charge is 0.308 e. The monoisotopic (exact) mass is 438 g/mol. The van der Waals surface area contributed by atoms with E-state index in [4.69, 9.17) is 4.74 Å². The van der Waals surface area contributed by atoms with E-state index >= 15 is 0 Å². The molecule has 1 aliphatic carbocycles. The zero-order valence-corrected chi connectivity index (χ0v) is 16.4. The van der Waals surface area contributed by atoms with Gasteiger partial charge in [-0.3, -0.25) is 9.59 Å². The van der Waals surface area contributed by atoms with E-state index in [0.29, 0.717) is 6.04 Å². The lowest BCUT2D eigenvalue weighted by atomic mass is 9.97. The summed E-state index contributed by atoms with van der Waals surface area (Å²) >= 11 is 0. The number of likely N-dealkylation sites (tertiary alicyclic amines) is 1. The van der Waals surface area contributed by atoms with Crippen molar-refractivity contribution in [3.8, 4) is 0 Å². The number of nitrogens with one attached hydrogen (secondary N) is 1. The molecule has 1 N–H and O–H groups in total. The number of halogens is 1. The Kier molecular flexibility index (Phi) is 8.07. The van der Waals surface area contributed by atoms with Gasteiger partial charge in [0.15, 0.2) is 5.96 Å². The summed E-state index contributed by atoms with van der Waals surface area (Å²) < 4.78 is 4.81. The predicted octanol–water partition coefficient (Wildman–Crippen LogP) is 0.686. The van der Waals surface area contributed by atoms with Gasteiger partial charge < -0.3 is 19.9 Å². The molecule has 1 saturated carbocycles. The van der Waals surface area contributed by atoms with Crippen molar-refractivity contribution in [2.75, 3.05) is 40.8 Å². The van der Waals surface area contributed by atoms with Gasteiger partial charge in [0.2, 0.25) is 5.91 Å². The van der Waals surface area contributed by atoms with E-state index < -0.39 is 0 Å². The van der Waals surface area contributed by atoms with Crippen LogP contribution in [0.15, 0.2) is 4.99 Å². The number of hydrogen-bond donors (Lipinski definition) is 1. The number of amides is 1. The Hall–Kier alpha value is -1.06. The average molecular weight is 438 g/mol. The summed E-state index contributed by atoms with van der Waals surface area (Å²) in [6.45, 7) is 1.67. The topological polar surface area (TPSA) is 74.2 Å². The SMILES string of the molecule is COC(=O)C1CCN(C(=NCC(=O)N(C)C)NC2CC2)CC1.I. The highest BCUT2D eigenvalue weighted by Gasteiger charge is 2.30. The van der Waals surface area contributed by atoms with Crippen LogP contribution in [-0.4, -0.2) is 74.5 Å². The van der Waals surface area contributed by atoms with Crippen molar-refractivity contribution in [3.63, 3.8) is 0 Å². The maximum atomic E-state index is 11.7. The van der Waals surface area contributed by atoms with Crippen LogP contribution >= 0.6 is 24.0 Å². The van der Waals surface area contributed by atoms with E-state index in [9.17, 15) is 9.59 Å². The van der Waals surface area contributed by atoms with Crippen LogP contribution in [0.3, 0.4) is 0 Å². The van der Waals surface area contributed by atoms with Gasteiger partial charge in [0.25, 0.3) is 0 Å². The second-order valence-electron chi connectivity index (χ2n) is 6.13. The van der Waals surface area contributed by atoms with Crippen LogP contribution < -0.4 is 5.32 Å². The van der Waals surface area contributed by atoms with Crippen LogP contribution in [0.2, 0.25) is 0 Å². The standard InChI is InChI=1S/C15H26N4O3.HI/c1-18(2)13(20)10-16-15(17-12-4-5-12)19-8-6-11(7-9-19)14(21)22-3;/h11-12H,4-10H2,1-3H3,(H,16,17);1H. The second kappa shape index (κ2) is 9.29. The highest BCUT2D eigenvalue weighted by atomic mass is 127. The van der Waals surface area contributed by atoms with Crippen molar-refractivity contribution in [2.45, 2.75) is 31.7 Å². The minimum absolute atomic E-state index is 0. The lowest BCUT2D eigenvalue weighted by Gasteiger charge is -2.33. The van der Waals surface area contributed by atoms with Crippen molar-refractivity contribution < 1.29 is 14.3 Å². The molecule has 0 spiro atoms. The number of rotatable bonds is 4. The predicted molar refractivity (Wildman–Crippen MR) is 98.9 cm³/mol. The fraction of sp³-hybridized carbons (Fsp3) is 0.800. The third-order valence-corrected chi connectivity index (χ3v) is 4.10. The Morgan fingerprint density at radius 2 is 1.83 bits per heavy atom. The maximum Gasteiger partial charge on any atom is 0.308 e. The number of likely N-dealkylation sites (N-methyl/N-ethyl adjacent to an activating group) is 1. The highest BCUT2D eigenvalue weighted by Crippen LogP contribution is 2.22. The zero-order valence-electron chi connectivity index (χ0n) is 14.1. The molecule has 2 rings (SSSR count). The number of hydrogen-bond acceptors (Lipinski definition) is 4. The van der Waals surface area contributed by atoms with Gasteiger partial charge in [0.1, 0.15) is 6.54 Å². The van der Waals surface area contributed by atoms with Gasteiger partial charge in [-0.15, -0.1) is 24.0 Å². The van der Waals surface area contributed by atoms with Gasteiger partial charge in [-0.25, -0.2) is 4.99 Å². The Labute approximate surface area is 154 Å². The van der Waals surface area contributed by atoms with E-state index in [1.54, 1.807) is 19.0 Å². The fourth-order valence-electron chi connectivity index (χ4n) is 2.42. The lowest BCUT2D eigenvalue weighted by molar-refractivity contribution is -0.146. The molecular formula is C15H27IN4O3. The molecule has 1 amide bonds. The van der Waals surface area contributed by atoms with Crippen molar-refractivity contribution in [1.29, 1.82) is 0 Å². The Morgan fingerprint density at radius 1 is 1.22 bits per heavy atom. The van der Waals surface area contributed by atoms with Crippen LogP contribution in [0.25, 0.3) is 0 Å². The number of aliphatic imine (C=N–C) groups is 1. The first-order valence-corrected chi connectivity index (χ1v) is 7.85. The van der Waals surface area contributed by atoms with Gasteiger partial charge in [-0.1, -0.05) is 0 Å². The largest absolute Gasteiger partial charge is 0.469 e. The van der Waals surface area contributed by atoms with E-state index in [1.807, 2.05) is 0 Å². The van der Waals surface area contributed by atoms with Crippen LogP contribution in [-0.2, 0) is 14.3 Å². The molecule has 0 bridgehead atoms. The Bertz CT molecular complexity index is 444. The van der Waals surface area contributed by atoms with Gasteiger partial charge in [0, 0.05) is 33.2 Å². The minimum atomic E-state index is -0.129. The number of carbonyl (C=O) groups excluding carboxylic acids is 2. The molecule has 2 aliphatic rings. The first-order valence-electron chi connectivity index (χ1n) is 7.85. The summed E-state index contributed by atoms with van der Waals surface area (Å²) in [5.41, 5.74) is 0. The third-order valence-electron chi connectivity index (χ3n) is 4.10. The minimum Gasteiger partial charge on any atom is -0.469 e. The van der Waals surface area contributed by atoms with Crippen molar-refractivity contribution >= 4 is 41.8 Å². The number of methoxy groups -OCH3 is 1. The summed E-state index contributed by atoms with van der Waals surface area (Å²) in [7, 11) is 4.89. The molecule has 8 heteroatoms. The molecule has 0 unspecified atom stereocenters. The molecule has 0 atom stereocenters. The molecule has 0 aromatic rings. The molecule has 1 saturated heterocycles. The average Bonchev–Trinajstić information content (AvgIpc) is 3.34. The van der Waals surface area contributed by atoms with Crippen LogP contribution in [0.1, 0.15) is 25.7 Å². The molecule has 0 aromatic carbocycles. The number of piperidine rings is 1. The first-order chi connectivity index (χ1) is 10.5. The van der Waals surface area contributed by atoms with Crippen LogP contribution in [0, 0.1) is 5.92 Å². The molecule has 0 radical (unpaired) electrons. The summed E-state index contributed by atoms with van der Waals surface area (Å²) in [5, 5.41) is 3.40. The number of nitrogens with zero attached hydrogens (tertiary/aromatic N) is 3. The highest BCUT2D eigenvalue weighted by molar-refractivity contribution is 14.0. The molecule has 7 nitrogen and oxygen atoms in total. The second-order valence-corrected chi connectivity index (χ2v) is 6.13. The van der Waals surface area contributed by atoms with E-state index in [1.165, 1.54) is 7.11 Å². The van der Waals surface area contributed by atoms with Crippen LogP contribution in [0.5, 0.6) is 0 Å². The third kappa shape index (κ3) is 6.15. The van der Waals surface area contributed by atoms with E-state index in [-0.39, 0.29) is 48.3 Å². The van der Waals surface area contributed by atoms with Gasteiger partial charge in [-0.2, -0.15) is 0 Å². The molecule has 1 heterocycles. The van der Waals surface area contributed by atoms with E-state index in [2.05, 4.69) is 15.2 Å². The normalized spacial score (nSPS) is 18.9. The van der Waals surface area contributed by atoms with E-state index in [0.717, 1.165) is 44.7 Å². The fourth-order valence-corrected chi connectivity index (χ4v) is 2.42. The zero-order chi connectivity index (χ0) is 16.1. The van der Waals surface area contributed by atoms with Crippen LogP contribution in [0.4, 0.5) is 0 Å². The number of carbonyl (C=O) groups is 2. The maximum absolute atomic E-state index is 11.7. The Balaban J connectivity index is 0.00000264. The molecule has 0 aromatic heterocycles. The lowest BCUT2D eigenvalue weighted by Crippen LogP contribution is -2.47. The number of esters is 1. The molecule has 2 fully saturated rings. The molecular weight excluding hydrogens is 411 g/mol. The number of ether oxygens (including phenoxy) is 1. The Morgan fingerprint density at radius 3 is 2.30 bits per heavy atom. The summed E-state index contributed by atoms with van der Waals surface area (Å²) in [6.07, 6.45) is 3.83. The van der Waals surface area contributed by atoms with Crippen molar-refractivity contribution in [2.24, 2.45) is 10.9 Å². The van der Waals surface area contributed by atoms with Crippen molar-refractivity contribution in [3.05, 3.63) is 0 Å². The summed E-state index contributed by atoms with van der Waals surface area (Å²) in [5.74, 6) is 0.628. The first kappa shape index (κ1) is 20.0.